The molecule has 0 bridgehead atoms. The minimum absolute atomic E-state index is 0.157. The van der Waals surface area contributed by atoms with Crippen molar-refractivity contribution in [1.82, 2.24) is 14.8 Å². The van der Waals surface area contributed by atoms with Crippen molar-refractivity contribution in [3.63, 3.8) is 0 Å². The van der Waals surface area contributed by atoms with Crippen LogP contribution in [-0.2, 0) is 16.6 Å². The minimum Gasteiger partial charge on any atom is -0.365 e. The third-order valence-electron chi connectivity index (χ3n) is 4.10. The summed E-state index contributed by atoms with van der Waals surface area (Å²) in [5.41, 5.74) is 0. The fourth-order valence-corrected chi connectivity index (χ4v) is 2.70. The van der Waals surface area contributed by atoms with Gasteiger partial charge in [0.1, 0.15) is 6.10 Å². The number of rotatable bonds is 5. The van der Waals surface area contributed by atoms with Crippen LogP contribution in [0.1, 0.15) is 71.0 Å². The zero-order valence-electron chi connectivity index (χ0n) is 14.1. The van der Waals surface area contributed by atoms with Gasteiger partial charge in [-0.25, -0.2) is 4.68 Å². The monoisotopic (exact) mass is 308 g/mol. The first-order valence-electron chi connectivity index (χ1n) is 8.34. The molecule has 0 aliphatic heterocycles. The van der Waals surface area contributed by atoms with Crippen LogP contribution < -0.4 is 5.32 Å². The summed E-state index contributed by atoms with van der Waals surface area (Å²) in [6.45, 7) is 5.86. The van der Waals surface area contributed by atoms with Gasteiger partial charge in [0.2, 0.25) is 5.95 Å². The average Bonchev–Trinajstić information content (AvgIpc) is 2.68. The van der Waals surface area contributed by atoms with Gasteiger partial charge in [-0.3, -0.25) is 10.1 Å². The maximum absolute atomic E-state index is 12.3. The lowest BCUT2D eigenvalue weighted by molar-refractivity contribution is -0.130. The van der Waals surface area contributed by atoms with Crippen LogP contribution >= 0.6 is 0 Å². The largest absolute Gasteiger partial charge is 0.365 e. The molecule has 0 spiro atoms. The van der Waals surface area contributed by atoms with Gasteiger partial charge in [0.15, 0.2) is 5.82 Å². The van der Waals surface area contributed by atoms with E-state index in [1.54, 1.807) is 18.7 Å². The molecule has 0 radical (unpaired) electrons. The molecule has 1 amide bonds. The molecule has 1 aromatic heterocycles. The smallest absolute Gasteiger partial charge is 0.255 e. The third kappa shape index (κ3) is 4.53. The molecule has 124 valence electrons. The molecule has 1 saturated carbocycles. The number of amides is 1. The molecule has 1 aromatic rings. The Balaban J connectivity index is 1.90. The Bertz CT molecular complexity index is 490. The number of nitrogens with zero attached hydrogens (tertiary/aromatic N) is 3. The number of nitrogens with one attached hydrogen (secondary N) is 1. The van der Waals surface area contributed by atoms with Crippen LogP contribution in [0.2, 0.25) is 0 Å². The Morgan fingerprint density at radius 1 is 1.23 bits per heavy atom. The number of aryl methyl sites for hydroxylation is 1. The number of carbonyl (C=O) groups excluding carboxylic acids is 1. The molecule has 1 heterocycles. The molecule has 6 heteroatoms. The van der Waals surface area contributed by atoms with E-state index in [0.29, 0.717) is 5.95 Å². The number of aromatic nitrogens is 3. The van der Waals surface area contributed by atoms with Gasteiger partial charge in [-0.05, 0) is 19.8 Å². The van der Waals surface area contributed by atoms with Crippen molar-refractivity contribution in [3.8, 4) is 0 Å². The fraction of sp³-hybridized carbons (Fsp3) is 0.812. The van der Waals surface area contributed by atoms with E-state index in [4.69, 9.17) is 4.74 Å². The van der Waals surface area contributed by atoms with Crippen LogP contribution in [0, 0.1) is 0 Å². The molecule has 1 unspecified atom stereocenters. The molecule has 1 N–H and O–H groups in total. The summed E-state index contributed by atoms with van der Waals surface area (Å²) in [6, 6.07) is 0. The molecule has 0 aromatic carbocycles. The molecule has 2 rings (SSSR count). The summed E-state index contributed by atoms with van der Waals surface area (Å²) in [6.07, 6.45) is 6.78. The van der Waals surface area contributed by atoms with Gasteiger partial charge >= 0.3 is 0 Å². The maximum Gasteiger partial charge on any atom is 0.255 e. The van der Waals surface area contributed by atoms with Gasteiger partial charge in [-0.1, -0.05) is 39.5 Å². The van der Waals surface area contributed by atoms with Crippen LogP contribution in [0.5, 0.6) is 0 Å². The first kappa shape index (κ1) is 16.9. The number of anilines is 1. The average molecular weight is 308 g/mol. The second-order valence-corrected chi connectivity index (χ2v) is 6.45. The standard InChI is InChI=1S/C16H28N4O2/c1-11(2)14-17-16(20(4)19-14)18-15(21)12(3)22-13-9-7-5-6-8-10-13/h11-13H,5-10H2,1-4H3,(H,17,18,19,21). The van der Waals surface area contributed by atoms with Crippen LogP contribution in [0.25, 0.3) is 0 Å². The van der Waals surface area contributed by atoms with Gasteiger partial charge < -0.3 is 4.74 Å². The SMILES string of the molecule is CC(OC1CCCCCC1)C(=O)Nc1nc(C(C)C)nn1C. The first-order chi connectivity index (χ1) is 10.5. The summed E-state index contributed by atoms with van der Waals surface area (Å²) in [5, 5.41) is 7.12. The number of hydrogen-bond donors (Lipinski definition) is 1. The van der Waals surface area contributed by atoms with E-state index in [1.807, 2.05) is 13.8 Å². The molecule has 6 nitrogen and oxygen atoms in total. The zero-order chi connectivity index (χ0) is 16.1. The summed E-state index contributed by atoms with van der Waals surface area (Å²) < 4.78 is 7.53. The fourth-order valence-electron chi connectivity index (χ4n) is 2.70. The van der Waals surface area contributed by atoms with Crippen LogP contribution in [-0.4, -0.2) is 32.9 Å². The summed E-state index contributed by atoms with van der Waals surface area (Å²) in [7, 11) is 1.78. The molecule has 1 fully saturated rings. The normalized spacial score (nSPS) is 18.2. The predicted molar refractivity (Wildman–Crippen MR) is 85.8 cm³/mol. The lowest BCUT2D eigenvalue weighted by Gasteiger charge is -2.20. The molecular weight excluding hydrogens is 280 g/mol. The van der Waals surface area contributed by atoms with Crippen molar-refractivity contribution < 1.29 is 9.53 Å². The van der Waals surface area contributed by atoms with Crippen LogP contribution in [0.15, 0.2) is 0 Å². The van der Waals surface area contributed by atoms with Gasteiger partial charge in [0.25, 0.3) is 5.91 Å². The molecule has 1 aliphatic rings. The molecular formula is C16H28N4O2. The zero-order valence-corrected chi connectivity index (χ0v) is 14.1. The highest BCUT2D eigenvalue weighted by Crippen LogP contribution is 2.21. The van der Waals surface area contributed by atoms with Crippen LogP contribution in [0.4, 0.5) is 5.95 Å². The quantitative estimate of drug-likeness (QED) is 0.849. The Kier molecular flexibility index (Phi) is 5.94. The van der Waals surface area contributed by atoms with E-state index in [2.05, 4.69) is 15.4 Å². The first-order valence-corrected chi connectivity index (χ1v) is 8.34. The van der Waals surface area contributed by atoms with Gasteiger partial charge in [0.05, 0.1) is 6.10 Å². The minimum atomic E-state index is -0.470. The number of ether oxygens (including phenoxy) is 1. The molecule has 0 saturated heterocycles. The highest BCUT2D eigenvalue weighted by molar-refractivity contribution is 5.92. The Labute approximate surface area is 132 Å². The second kappa shape index (κ2) is 7.72. The maximum atomic E-state index is 12.3. The van der Waals surface area contributed by atoms with Crippen molar-refractivity contribution in [2.75, 3.05) is 5.32 Å². The molecule has 22 heavy (non-hydrogen) atoms. The van der Waals surface area contributed by atoms with Gasteiger partial charge in [-0.2, -0.15) is 10.1 Å². The number of carbonyl (C=O) groups is 1. The van der Waals surface area contributed by atoms with Crippen molar-refractivity contribution in [1.29, 1.82) is 0 Å². The van der Waals surface area contributed by atoms with E-state index >= 15 is 0 Å². The lowest BCUT2D eigenvalue weighted by Crippen LogP contribution is -2.32. The Hall–Kier alpha value is -1.43. The van der Waals surface area contributed by atoms with Crippen molar-refractivity contribution >= 4 is 11.9 Å². The Morgan fingerprint density at radius 2 is 1.86 bits per heavy atom. The van der Waals surface area contributed by atoms with Gasteiger partial charge in [-0.15, -0.1) is 0 Å². The van der Waals surface area contributed by atoms with E-state index in [9.17, 15) is 4.79 Å². The topological polar surface area (TPSA) is 69.0 Å². The van der Waals surface area contributed by atoms with E-state index < -0.39 is 6.10 Å². The highest BCUT2D eigenvalue weighted by atomic mass is 16.5. The molecule has 1 aliphatic carbocycles. The molecule has 1 atom stereocenters. The summed E-state index contributed by atoms with van der Waals surface area (Å²) in [4.78, 5) is 16.6. The lowest BCUT2D eigenvalue weighted by atomic mass is 10.1. The predicted octanol–water partition coefficient (Wildman–Crippen LogP) is 3.00. The highest BCUT2D eigenvalue weighted by Gasteiger charge is 2.22. The Morgan fingerprint density at radius 3 is 2.41 bits per heavy atom. The van der Waals surface area contributed by atoms with Crippen molar-refractivity contribution in [3.05, 3.63) is 5.82 Å². The second-order valence-electron chi connectivity index (χ2n) is 6.45. The number of hydrogen-bond acceptors (Lipinski definition) is 4. The van der Waals surface area contributed by atoms with Crippen molar-refractivity contribution in [2.24, 2.45) is 7.05 Å². The third-order valence-corrected chi connectivity index (χ3v) is 4.10. The van der Waals surface area contributed by atoms with E-state index in [0.717, 1.165) is 18.7 Å². The van der Waals surface area contributed by atoms with Crippen molar-refractivity contribution in [2.45, 2.75) is 77.4 Å². The van der Waals surface area contributed by atoms with E-state index in [1.165, 1.54) is 25.7 Å². The van der Waals surface area contributed by atoms with Gasteiger partial charge in [0, 0.05) is 13.0 Å². The van der Waals surface area contributed by atoms with Crippen LogP contribution in [0.3, 0.4) is 0 Å². The van der Waals surface area contributed by atoms with E-state index in [-0.39, 0.29) is 17.9 Å². The summed E-state index contributed by atoms with van der Waals surface area (Å²) in [5.74, 6) is 1.28. The summed E-state index contributed by atoms with van der Waals surface area (Å²) >= 11 is 0.